The van der Waals surface area contributed by atoms with Crippen molar-refractivity contribution in [3.63, 3.8) is 0 Å². The lowest BCUT2D eigenvalue weighted by molar-refractivity contribution is -0.605. The Morgan fingerprint density at radius 3 is 2.87 bits per heavy atom. The summed E-state index contributed by atoms with van der Waals surface area (Å²) in [7, 11) is 0. The van der Waals surface area contributed by atoms with E-state index < -0.39 is 0 Å². The maximum Gasteiger partial charge on any atom is 0.184 e. The number of rotatable bonds is 8. The molecular formula is C24H24BrN5O. The van der Waals surface area contributed by atoms with Crippen molar-refractivity contribution in [2.75, 3.05) is 6.54 Å². The molecule has 4 rings (SSSR count). The minimum absolute atomic E-state index is 0.177. The molecule has 0 saturated carbocycles. The number of nitrogens with one attached hydrogen (secondary N) is 1. The van der Waals surface area contributed by atoms with Crippen LogP contribution in [0.25, 0.3) is 11.7 Å². The summed E-state index contributed by atoms with van der Waals surface area (Å²) >= 11 is 3.57. The number of nitrogens with zero attached hydrogens (tertiary/aromatic N) is 4. The zero-order valence-corrected chi connectivity index (χ0v) is 18.9. The van der Waals surface area contributed by atoms with E-state index in [9.17, 15) is 5.21 Å². The third-order valence-electron chi connectivity index (χ3n) is 5.16. The number of pyridine rings is 1. The van der Waals surface area contributed by atoms with Crippen LogP contribution in [0.2, 0.25) is 0 Å². The van der Waals surface area contributed by atoms with Crippen molar-refractivity contribution in [3.05, 3.63) is 105 Å². The molecule has 158 valence electrons. The predicted molar refractivity (Wildman–Crippen MR) is 125 cm³/mol. The lowest BCUT2D eigenvalue weighted by Crippen LogP contribution is -2.26. The highest BCUT2D eigenvalue weighted by Gasteiger charge is 2.14. The minimum atomic E-state index is 0.177. The Hall–Kier alpha value is -3.03. The van der Waals surface area contributed by atoms with Crippen LogP contribution in [-0.2, 0) is 6.54 Å². The first kappa shape index (κ1) is 21.2. The van der Waals surface area contributed by atoms with Crippen LogP contribution < -0.4 is 10.0 Å². The molecule has 0 aliphatic carbocycles. The second-order valence-corrected chi connectivity index (χ2v) is 8.26. The van der Waals surface area contributed by atoms with Crippen LogP contribution in [0.15, 0.2) is 77.7 Å². The van der Waals surface area contributed by atoms with E-state index in [1.165, 1.54) is 11.8 Å². The number of fused-ring (bicyclic) bond motifs is 1. The van der Waals surface area contributed by atoms with Crippen LogP contribution in [0.5, 0.6) is 0 Å². The van der Waals surface area contributed by atoms with Gasteiger partial charge in [-0.05, 0) is 52.7 Å². The van der Waals surface area contributed by atoms with Gasteiger partial charge in [-0.1, -0.05) is 43.3 Å². The van der Waals surface area contributed by atoms with Gasteiger partial charge in [-0.2, -0.15) is 9.83 Å². The predicted octanol–water partition coefficient (Wildman–Crippen LogP) is 4.47. The molecule has 0 saturated heterocycles. The first-order valence-corrected chi connectivity index (χ1v) is 11.0. The van der Waals surface area contributed by atoms with Crippen molar-refractivity contribution in [3.8, 4) is 0 Å². The number of hydrogen-bond acceptors (Lipinski definition) is 4. The summed E-state index contributed by atoms with van der Waals surface area (Å²) in [4.78, 5) is 4.85. The molecule has 7 heteroatoms. The number of aromatic nitrogens is 4. The maximum absolute atomic E-state index is 11.3. The summed E-state index contributed by atoms with van der Waals surface area (Å²) in [5.41, 5.74) is 5.01. The molecule has 1 unspecified atom stereocenters. The fourth-order valence-electron chi connectivity index (χ4n) is 3.46. The Bertz CT molecular complexity index is 1190. The Kier molecular flexibility index (Phi) is 6.74. The molecule has 0 radical (unpaired) electrons. The molecule has 0 fully saturated rings. The summed E-state index contributed by atoms with van der Waals surface area (Å²) in [6.45, 7) is 3.65. The summed E-state index contributed by atoms with van der Waals surface area (Å²) < 4.78 is 3.55. The Labute approximate surface area is 190 Å². The zero-order chi connectivity index (χ0) is 21.6. The quantitative estimate of drug-likeness (QED) is 0.231. The average Bonchev–Trinajstić information content (AvgIpc) is 3.17. The fourth-order valence-corrected chi connectivity index (χ4v) is 3.81. The summed E-state index contributed by atoms with van der Waals surface area (Å²) in [5.74, 6) is 0.177. The highest BCUT2D eigenvalue weighted by atomic mass is 79.9. The SMILES string of the molecule is CC(c1ccccc1)c1cc(/C=C\CCNCc2ccc[n+]([O-])c2)n2ncc(Br)c2n1. The van der Waals surface area contributed by atoms with Gasteiger partial charge in [0.2, 0.25) is 0 Å². The topological polar surface area (TPSA) is 69.2 Å². The van der Waals surface area contributed by atoms with Gasteiger partial charge in [0, 0.05) is 24.1 Å². The number of halogens is 1. The number of benzene rings is 1. The first-order valence-electron chi connectivity index (χ1n) is 10.3. The van der Waals surface area contributed by atoms with Crippen molar-refractivity contribution in [1.29, 1.82) is 0 Å². The summed E-state index contributed by atoms with van der Waals surface area (Å²) in [6, 6.07) is 16.2. The van der Waals surface area contributed by atoms with Crippen molar-refractivity contribution >= 4 is 27.7 Å². The van der Waals surface area contributed by atoms with Gasteiger partial charge in [0.15, 0.2) is 18.0 Å². The lowest BCUT2D eigenvalue weighted by Gasteiger charge is -2.13. The summed E-state index contributed by atoms with van der Waals surface area (Å²) in [6.07, 6.45) is 9.93. The first-order chi connectivity index (χ1) is 15.1. The van der Waals surface area contributed by atoms with E-state index >= 15 is 0 Å². The summed E-state index contributed by atoms with van der Waals surface area (Å²) in [5, 5.41) is 19.1. The van der Waals surface area contributed by atoms with Gasteiger partial charge in [-0.25, -0.2) is 9.50 Å². The standard InChI is InChI=1S/C24H24BrN5O/c1-18(20-9-3-2-4-10-20)23-14-21(30-24(28-23)22(25)16-27-30)11-5-6-12-26-15-19-8-7-13-29(31)17-19/h2-5,7-11,13-14,16-18,26H,6,12,15H2,1H3/b11-5-. The number of hydrogen-bond donors (Lipinski definition) is 1. The Morgan fingerprint density at radius 1 is 1.23 bits per heavy atom. The van der Waals surface area contributed by atoms with Gasteiger partial charge in [0.05, 0.1) is 22.1 Å². The fraction of sp³-hybridized carbons (Fsp3) is 0.208. The van der Waals surface area contributed by atoms with E-state index in [-0.39, 0.29) is 5.92 Å². The molecule has 1 atom stereocenters. The molecule has 0 spiro atoms. The Balaban J connectivity index is 1.46. The smallest absolute Gasteiger partial charge is 0.184 e. The van der Waals surface area contributed by atoms with E-state index in [1.54, 1.807) is 18.5 Å². The molecule has 0 aliphatic rings. The van der Waals surface area contributed by atoms with Gasteiger partial charge in [-0.3, -0.25) is 0 Å². The second kappa shape index (κ2) is 9.85. The van der Waals surface area contributed by atoms with E-state index in [2.05, 4.69) is 75.8 Å². The minimum Gasteiger partial charge on any atom is -0.619 e. The molecule has 0 amide bonds. The third-order valence-corrected chi connectivity index (χ3v) is 5.72. The van der Waals surface area contributed by atoms with Gasteiger partial charge in [0.1, 0.15) is 0 Å². The molecule has 31 heavy (non-hydrogen) atoms. The molecule has 0 aliphatic heterocycles. The van der Waals surface area contributed by atoms with Crippen LogP contribution in [0.1, 0.15) is 41.8 Å². The highest BCUT2D eigenvalue weighted by Crippen LogP contribution is 2.26. The van der Waals surface area contributed by atoms with Gasteiger partial charge in [0.25, 0.3) is 0 Å². The molecular weight excluding hydrogens is 454 g/mol. The largest absolute Gasteiger partial charge is 0.619 e. The highest BCUT2D eigenvalue weighted by molar-refractivity contribution is 9.10. The van der Waals surface area contributed by atoms with Crippen LogP contribution >= 0.6 is 15.9 Å². The van der Waals surface area contributed by atoms with E-state index in [0.717, 1.165) is 44.8 Å². The van der Waals surface area contributed by atoms with E-state index in [0.29, 0.717) is 6.54 Å². The van der Waals surface area contributed by atoms with Gasteiger partial charge >= 0.3 is 0 Å². The van der Waals surface area contributed by atoms with E-state index in [1.807, 2.05) is 16.6 Å². The van der Waals surface area contributed by atoms with Crippen molar-refractivity contribution in [2.24, 2.45) is 0 Å². The van der Waals surface area contributed by atoms with Crippen molar-refractivity contribution < 1.29 is 4.73 Å². The second-order valence-electron chi connectivity index (χ2n) is 7.41. The third kappa shape index (κ3) is 5.18. The lowest BCUT2D eigenvalue weighted by atomic mass is 9.97. The molecule has 4 aromatic rings. The normalized spacial score (nSPS) is 12.6. The molecule has 1 aromatic carbocycles. The monoisotopic (exact) mass is 477 g/mol. The maximum atomic E-state index is 11.3. The average molecular weight is 478 g/mol. The molecule has 3 aromatic heterocycles. The van der Waals surface area contributed by atoms with Crippen molar-refractivity contribution in [1.82, 2.24) is 19.9 Å². The van der Waals surface area contributed by atoms with Crippen LogP contribution in [-0.4, -0.2) is 21.1 Å². The molecule has 3 heterocycles. The van der Waals surface area contributed by atoms with Gasteiger partial charge in [-0.15, -0.1) is 0 Å². The molecule has 6 nitrogen and oxygen atoms in total. The van der Waals surface area contributed by atoms with E-state index in [4.69, 9.17) is 4.98 Å². The Morgan fingerprint density at radius 2 is 2.06 bits per heavy atom. The zero-order valence-electron chi connectivity index (χ0n) is 17.3. The van der Waals surface area contributed by atoms with Crippen LogP contribution in [0, 0.1) is 5.21 Å². The van der Waals surface area contributed by atoms with Crippen LogP contribution in [0.4, 0.5) is 0 Å². The van der Waals surface area contributed by atoms with Crippen molar-refractivity contribution in [2.45, 2.75) is 25.8 Å². The molecule has 1 N–H and O–H groups in total. The van der Waals surface area contributed by atoms with Gasteiger partial charge < -0.3 is 10.5 Å². The molecule has 0 bridgehead atoms. The van der Waals surface area contributed by atoms with Crippen LogP contribution in [0.3, 0.4) is 0 Å².